The summed E-state index contributed by atoms with van der Waals surface area (Å²) in [5, 5.41) is 2.26. The number of aryl methyl sites for hydroxylation is 1. The van der Waals surface area contributed by atoms with Crippen LogP contribution >= 0.6 is 0 Å². The highest BCUT2D eigenvalue weighted by Gasteiger charge is 2.45. The molecule has 5 fully saturated rings. The highest BCUT2D eigenvalue weighted by atomic mass is 16.5. The summed E-state index contributed by atoms with van der Waals surface area (Å²) in [6.07, 6.45) is 7.87. The Morgan fingerprint density at radius 2 is 1.48 bits per heavy atom. The first-order valence-corrected chi connectivity index (χ1v) is 18.8. The van der Waals surface area contributed by atoms with E-state index < -0.39 is 23.8 Å². The molecule has 0 radical (unpaired) electrons. The normalized spacial score (nSPS) is 24.6. The van der Waals surface area contributed by atoms with Crippen LogP contribution in [0.15, 0.2) is 30.3 Å². The fourth-order valence-electron chi connectivity index (χ4n) is 9.10. The van der Waals surface area contributed by atoms with Gasteiger partial charge in [-0.3, -0.25) is 34.3 Å². The van der Waals surface area contributed by atoms with Gasteiger partial charge in [0.25, 0.3) is 11.8 Å². The molecule has 0 bridgehead atoms. The highest BCUT2D eigenvalue weighted by Crippen LogP contribution is 2.47. The lowest BCUT2D eigenvalue weighted by Gasteiger charge is -2.44. The number of fused-ring (bicyclic) bond motifs is 1. The molecule has 5 aliphatic heterocycles. The van der Waals surface area contributed by atoms with Crippen molar-refractivity contribution in [2.24, 2.45) is 5.92 Å². The SMILES string of the molecule is COc1cc(N2CCC(N3CCC(CN4CCN(c5ccc6c(c5)C(=O)N(C5CCC(=O)NC5=O)C6=O)CC4)CC3)CC2)c(C2CC2)cc1C. The maximum Gasteiger partial charge on any atom is 0.262 e. The Labute approximate surface area is 294 Å². The molecule has 1 N–H and O–H groups in total. The van der Waals surface area contributed by atoms with Crippen LogP contribution in [0, 0.1) is 12.8 Å². The zero-order chi connectivity index (χ0) is 34.5. The summed E-state index contributed by atoms with van der Waals surface area (Å²) in [5.74, 6) is 0.591. The fraction of sp³-hybridized carbons (Fsp3) is 0.590. The third-order valence-electron chi connectivity index (χ3n) is 12.2. The van der Waals surface area contributed by atoms with Crippen LogP contribution < -0.4 is 19.9 Å². The van der Waals surface area contributed by atoms with Gasteiger partial charge in [0.15, 0.2) is 0 Å². The Morgan fingerprint density at radius 3 is 2.16 bits per heavy atom. The first-order chi connectivity index (χ1) is 24.3. The van der Waals surface area contributed by atoms with Crippen molar-refractivity contribution in [3.63, 3.8) is 0 Å². The topological polar surface area (TPSA) is 106 Å². The average Bonchev–Trinajstić information content (AvgIpc) is 3.95. The maximum atomic E-state index is 13.3. The lowest BCUT2D eigenvalue weighted by Crippen LogP contribution is -2.54. The molecule has 6 aliphatic rings. The summed E-state index contributed by atoms with van der Waals surface area (Å²) in [6, 6.07) is 9.84. The molecule has 4 saturated heterocycles. The van der Waals surface area contributed by atoms with Crippen molar-refractivity contribution in [3.8, 4) is 5.75 Å². The molecule has 11 heteroatoms. The van der Waals surface area contributed by atoms with Crippen molar-refractivity contribution in [3.05, 3.63) is 52.6 Å². The summed E-state index contributed by atoms with van der Waals surface area (Å²) >= 11 is 0. The van der Waals surface area contributed by atoms with Gasteiger partial charge in [-0.2, -0.15) is 0 Å². The van der Waals surface area contributed by atoms with E-state index in [1.165, 1.54) is 68.4 Å². The van der Waals surface area contributed by atoms with Gasteiger partial charge in [0, 0.05) is 75.7 Å². The molecule has 1 unspecified atom stereocenters. The number of rotatable bonds is 8. The molecule has 5 heterocycles. The molecular weight excluding hydrogens is 632 g/mol. The second-order valence-corrected chi connectivity index (χ2v) is 15.3. The highest BCUT2D eigenvalue weighted by molar-refractivity contribution is 6.23. The van der Waals surface area contributed by atoms with E-state index in [0.717, 1.165) is 74.0 Å². The van der Waals surface area contributed by atoms with Crippen molar-refractivity contribution in [2.45, 2.75) is 76.3 Å². The monoisotopic (exact) mass is 682 g/mol. The fourth-order valence-corrected chi connectivity index (χ4v) is 9.10. The van der Waals surface area contributed by atoms with Crippen LogP contribution in [0.1, 0.15) is 89.1 Å². The summed E-state index contributed by atoms with van der Waals surface area (Å²) < 4.78 is 5.70. The number of piperazine rings is 1. The van der Waals surface area contributed by atoms with Crippen LogP contribution in [0.3, 0.4) is 0 Å². The van der Waals surface area contributed by atoms with Gasteiger partial charge in [0.05, 0.1) is 18.2 Å². The van der Waals surface area contributed by atoms with E-state index in [-0.39, 0.29) is 18.7 Å². The molecule has 50 heavy (non-hydrogen) atoms. The van der Waals surface area contributed by atoms with Gasteiger partial charge < -0.3 is 19.4 Å². The van der Waals surface area contributed by atoms with Crippen molar-refractivity contribution in [2.75, 3.05) is 75.8 Å². The third-order valence-corrected chi connectivity index (χ3v) is 12.2. The number of nitrogens with one attached hydrogen (secondary N) is 1. The molecule has 1 saturated carbocycles. The molecule has 1 aliphatic carbocycles. The van der Waals surface area contributed by atoms with Gasteiger partial charge in [-0.15, -0.1) is 0 Å². The Morgan fingerprint density at radius 1 is 0.760 bits per heavy atom. The number of anilines is 2. The molecular formula is C39H50N6O5. The van der Waals surface area contributed by atoms with Crippen LogP contribution in [-0.4, -0.2) is 116 Å². The number of hydrogen-bond donors (Lipinski definition) is 1. The molecule has 266 valence electrons. The van der Waals surface area contributed by atoms with Crippen LogP contribution in [0.2, 0.25) is 0 Å². The smallest absolute Gasteiger partial charge is 0.262 e. The van der Waals surface area contributed by atoms with Crippen LogP contribution in [0.4, 0.5) is 11.4 Å². The van der Waals surface area contributed by atoms with E-state index in [2.05, 4.69) is 44.0 Å². The molecule has 0 aromatic heterocycles. The first kappa shape index (κ1) is 33.2. The number of benzene rings is 2. The van der Waals surface area contributed by atoms with Crippen LogP contribution in [0.5, 0.6) is 5.75 Å². The van der Waals surface area contributed by atoms with E-state index in [4.69, 9.17) is 4.74 Å². The van der Waals surface area contributed by atoms with Crippen LogP contribution in [0.25, 0.3) is 0 Å². The summed E-state index contributed by atoms with van der Waals surface area (Å²) in [5.41, 5.74) is 5.78. The molecule has 11 nitrogen and oxygen atoms in total. The lowest BCUT2D eigenvalue weighted by atomic mass is 9.92. The average molecular weight is 683 g/mol. The zero-order valence-electron chi connectivity index (χ0n) is 29.5. The Balaban J connectivity index is 0.797. The predicted octanol–water partition coefficient (Wildman–Crippen LogP) is 3.79. The number of hydrogen-bond acceptors (Lipinski definition) is 9. The van der Waals surface area contributed by atoms with Crippen molar-refractivity contribution < 1.29 is 23.9 Å². The number of amides is 4. The number of imide groups is 2. The van der Waals surface area contributed by atoms with Gasteiger partial charge in [0.2, 0.25) is 11.8 Å². The second kappa shape index (κ2) is 13.6. The van der Waals surface area contributed by atoms with Crippen molar-refractivity contribution in [1.82, 2.24) is 20.0 Å². The van der Waals surface area contributed by atoms with Gasteiger partial charge in [0.1, 0.15) is 11.8 Å². The van der Waals surface area contributed by atoms with E-state index in [9.17, 15) is 19.2 Å². The molecule has 1 atom stereocenters. The van der Waals surface area contributed by atoms with E-state index >= 15 is 0 Å². The van der Waals surface area contributed by atoms with Gasteiger partial charge in [-0.1, -0.05) is 6.07 Å². The largest absolute Gasteiger partial charge is 0.496 e. The zero-order valence-corrected chi connectivity index (χ0v) is 29.5. The maximum absolute atomic E-state index is 13.3. The number of piperidine rings is 3. The van der Waals surface area contributed by atoms with Crippen LogP contribution in [-0.2, 0) is 9.59 Å². The van der Waals surface area contributed by atoms with E-state index in [1.807, 2.05) is 6.07 Å². The minimum absolute atomic E-state index is 0.115. The standard InChI is InChI=1S/C39H50N6O5/c1-25-21-31(27-3-4-27)34(23-35(25)50-2)44-15-11-28(12-16-44)42-13-9-26(10-14-42)24-41-17-19-43(20-18-41)29-5-6-30-32(22-29)39(49)45(38(30)48)33-7-8-36(46)40-37(33)47/h5-6,21-23,26-28,33H,3-4,7-20,24H2,1-2H3,(H,40,46,47). The summed E-state index contributed by atoms with van der Waals surface area (Å²) in [6.45, 7) is 11.6. The Kier molecular flexibility index (Phi) is 9.05. The summed E-state index contributed by atoms with van der Waals surface area (Å²) in [4.78, 5) is 61.7. The second-order valence-electron chi connectivity index (χ2n) is 15.3. The van der Waals surface area contributed by atoms with Gasteiger partial charge in [-0.05, 0) is 106 Å². The third kappa shape index (κ3) is 6.38. The number of nitrogens with zero attached hydrogens (tertiary/aromatic N) is 5. The predicted molar refractivity (Wildman–Crippen MR) is 191 cm³/mol. The Bertz CT molecular complexity index is 1670. The quantitative estimate of drug-likeness (QED) is 0.417. The molecule has 8 rings (SSSR count). The number of carbonyl (C=O) groups is 4. The lowest BCUT2D eigenvalue weighted by molar-refractivity contribution is -0.136. The van der Waals surface area contributed by atoms with Crippen molar-refractivity contribution >= 4 is 35.0 Å². The van der Waals surface area contributed by atoms with Crippen molar-refractivity contribution in [1.29, 1.82) is 0 Å². The Hall–Kier alpha value is -3.96. The first-order valence-electron chi connectivity index (χ1n) is 18.8. The van der Waals surface area contributed by atoms with Gasteiger partial charge >= 0.3 is 0 Å². The number of ether oxygens (including phenoxy) is 1. The van der Waals surface area contributed by atoms with Gasteiger partial charge in [-0.25, -0.2) is 0 Å². The van der Waals surface area contributed by atoms with E-state index in [0.29, 0.717) is 17.2 Å². The minimum Gasteiger partial charge on any atom is -0.496 e. The number of methoxy groups -OCH3 is 1. The molecule has 4 amide bonds. The minimum atomic E-state index is -0.943. The molecule has 2 aromatic carbocycles. The number of carbonyl (C=O) groups excluding carboxylic acids is 4. The molecule has 0 spiro atoms. The molecule has 2 aromatic rings. The van der Waals surface area contributed by atoms with E-state index in [1.54, 1.807) is 19.2 Å². The number of likely N-dealkylation sites (tertiary alicyclic amines) is 1. The summed E-state index contributed by atoms with van der Waals surface area (Å²) in [7, 11) is 1.78.